The molecule has 0 aliphatic carbocycles. The molecule has 0 saturated carbocycles. The molecule has 0 radical (unpaired) electrons. The highest BCUT2D eigenvalue weighted by atomic mass is 35.5. The van der Waals surface area contributed by atoms with Crippen LogP contribution in [0.3, 0.4) is 0 Å². The van der Waals surface area contributed by atoms with Crippen LogP contribution in [0.5, 0.6) is 0 Å². The summed E-state index contributed by atoms with van der Waals surface area (Å²) in [5.41, 5.74) is 0. The summed E-state index contributed by atoms with van der Waals surface area (Å²) in [5.74, 6) is 3.39. The molecule has 1 aromatic rings. The first-order valence-corrected chi connectivity index (χ1v) is 6.12. The molecule has 1 aliphatic heterocycles. The Balaban J connectivity index is 0.000000845. The first kappa shape index (κ1) is 14.0. The molecule has 0 saturated heterocycles. The number of hydrogen-bond acceptors (Lipinski definition) is 0. The quantitative estimate of drug-likeness (QED) is 0.669. The number of rotatable bonds is 1. The fourth-order valence-electron chi connectivity index (χ4n) is 1.63. The highest BCUT2D eigenvalue weighted by Gasteiger charge is 2.22. The molecule has 0 amide bonds. The van der Waals surface area contributed by atoms with Gasteiger partial charge in [-0.1, -0.05) is 25.1 Å². The average molecular weight is 250 g/mol. The van der Waals surface area contributed by atoms with E-state index in [0.29, 0.717) is 0 Å². The van der Waals surface area contributed by atoms with E-state index in [1.165, 1.54) is 12.6 Å². The highest BCUT2D eigenvalue weighted by Crippen LogP contribution is 2.31. The lowest BCUT2D eigenvalue weighted by molar-refractivity contribution is 0.781. The molecule has 0 N–H and O–H groups in total. The second-order valence-electron chi connectivity index (χ2n) is 3.44. The van der Waals surface area contributed by atoms with Gasteiger partial charge >= 0.3 is 0 Å². The van der Waals surface area contributed by atoms with Gasteiger partial charge in [0.15, 0.2) is 0 Å². The lowest BCUT2D eigenvalue weighted by Crippen LogP contribution is -1.94. The van der Waals surface area contributed by atoms with Crippen LogP contribution in [-0.2, 0) is 0 Å². The normalized spacial score (nSPS) is 21.8. The molecule has 0 fully saturated rings. The third-order valence-electron chi connectivity index (χ3n) is 2.35. The van der Waals surface area contributed by atoms with E-state index >= 15 is 0 Å². The van der Waals surface area contributed by atoms with Crippen LogP contribution in [0.15, 0.2) is 30.3 Å². The SMILES string of the molecule is CC1C=[P+](c2ccccc2)CC1.Cl.Cl. The Bertz CT molecular complexity index is 295. The van der Waals surface area contributed by atoms with E-state index in [1.54, 1.807) is 5.30 Å². The fraction of sp³-hybridized carbons (Fsp3) is 0.364. The Morgan fingerprint density at radius 2 is 1.79 bits per heavy atom. The molecule has 0 aromatic heterocycles. The van der Waals surface area contributed by atoms with Crippen LogP contribution < -0.4 is 5.30 Å². The van der Waals surface area contributed by atoms with E-state index in [2.05, 4.69) is 43.1 Å². The first-order chi connectivity index (χ1) is 5.86. The van der Waals surface area contributed by atoms with E-state index < -0.39 is 0 Å². The van der Waals surface area contributed by atoms with E-state index in [-0.39, 0.29) is 32.4 Å². The Morgan fingerprint density at radius 1 is 1.14 bits per heavy atom. The Labute approximate surface area is 99.3 Å². The van der Waals surface area contributed by atoms with Gasteiger partial charge in [0.25, 0.3) is 0 Å². The van der Waals surface area contributed by atoms with Crippen LogP contribution in [0.1, 0.15) is 13.3 Å². The van der Waals surface area contributed by atoms with E-state index in [4.69, 9.17) is 0 Å². The summed E-state index contributed by atoms with van der Waals surface area (Å²) in [6, 6.07) is 10.9. The van der Waals surface area contributed by atoms with Crippen LogP contribution >= 0.6 is 32.4 Å². The maximum Gasteiger partial charge on any atom is 0.148 e. The van der Waals surface area contributed by atoms with Crippen molar-refractivity contribution in [2.75, 3.05) is 6.16 Å². The van der Waals surface area contributed by atoms with Gasteiger partial charge in [-0.2, -0.15) is 0 Å². The summed E-state index contributed by atoms with van der Waals surface area (Å²) in [5, 5.41) is 1.55. The molecule has 1 heterocycles. The van der Waals surface area contributed by atoms with Crippen LogP contribution in [0.4, 0.5) is 0 Å². The van der Waals surface area contributed by atoms with Gasteiger partial charge in [0.2, 0.25) is 0 Å². The van der Waals surface area contributed by atoms with Crippen LogP contribution in [-0.4, -0.2) is 12.0 Å². The van der Waals surface area contributed by atoms with Gasteiger partial charge in [-0.15, -0.1) is 24.8 Å². The predicted molar refractivity (Wildman–Crippen MR) is 72.2 cm³/mol. The molecule has 0 spiro atoms. The molecule has 2 rings (SSSR count). The van der Waals surface area contributed by atoms with Gasteiger partial charge in [0.1, 0.15) is 19.0 Å². The molecule has 14 heavy (non-hydrogen) atoms. The second-order valence-corrected chi connectivity index (χ2v) is 5.65. The predicted octanol–water partition coefficient (Wildman–Crippen LogP) is 3.48. The van der Waals surface area contributed by atoms with Crippen LogP contribution in [0.25, 0.3) is 0 Å². The topological polar surface area (TPSA) is 0 Å². The minimum Gasteiger partial charge on any atom is -0.147 e. The monoisotopic (exact) mass is 249 g/mol. The molecule has 0 nitrogen and oxygen atoms in total. The summed E-state index contributed by atoms with van der Waals surface area (Å²) in [6.45, 7) is 2.32. The summed E-state index contributed by atoms with van der Waals surface area (Å²) in [4.78, 5) is 0. The molecular weight excluding hydrogens is 234 g/mol. The van der Waals surface area contributed by atoms with Crippen molar-refractivity contribution in [1.82, 2.24) is 0 Å². The maximum atomic E-state index is 2.55. The molecule has 1 aromatic carbocycles. The molecule has 0 bridgehead atoms. The number of halogens is 2. The fourth-order valence-corrected chi connectivity index (χ4v) is 4.22. The second kappa shape index (κ2) is 6.45. The standard InChI is InChI=1S/C11H14P.2ClH/c1-10-7-8-12(9-10)11-5-3-2-4-6-11;;/h2-6,9-10H,7-8H2,1H3;2*1H/q+1;;. The smallest absolute Gasteiger partial charge is 0.147 e. The summed E-state index contributed by atoms with van der Waals surface area (Å²) < 4.78 is 0. The Hall–Kier alpha value is -0.0300. The summed E-state index contributed by atoms with van der Waals surface area (Å²) >= 11 is 0. The van der Waals surface area contributed by atoms with Gasteiger partial charge < -0.3 is 0 Å². The molecule has 1 aliphatic rings. The molecule has 2 unspecified atom stereocenters. The molecule has 3 heteroatoms. The zero-order valence-electron chi connectivity index (χ0n) is 8.22. The maximum absolute atomic E-state index is 2.55. The van der Waals surface area contributed by atoms with Crippen molar-refractivity contribution in [2.45, 2.75) is 13.3 Å². The third-order valence-corrected chi connectivity index (χ3v) is 4.92. The largest absolute Gasteiger partial charge is 0.148 e. The van der Waals surface area contributed by atoms with Crippen molar-refractivity contribution in [3.63, 3.8) is 0 Å². The van der Waals surface area contributed by atoms with Crippen molar-refractivity contribution in [2.24, 2.45) is 5.92 Å². The number of hydrogen-bond donors (Lipinski definition) is 0. The van der Waals surface area contributed by atoms with Crippen LogP contribution in [0.2, 0.25) is 0 Å². The van der Waals surface area contributed by atoms with Gasteiger partial charge in [-0.3, -0.25) is 0 Å². The Kier molecular flexibility index (Phi) is 6.44. The van der Waals surface area contributed by atoms with Crippen molar-refractivity contribution in [1.29, 1.82) is 0 Å². The van der Waals surface area contributed by atoms with Crippen molar-refractivity contribution in [3.8, 4) is 0 Å². The first-order valence-electron chi connectivity index (χ1n) is 4.53. The van der Waals surface area contributed by atoms with Crippen molar-refractivity contribution in [3.05, 3.63) is 30.3 Å². The zero-order chi connectivity index (χ0) is 8.39. The minimum atomic E-state index is 0. The van der Waals surface area contributed by atoms with Gasteiger partial charge in [-0.25, -0.2) is 0 Å². The minimum absolute atomic E-state index is 0. The van der Waals surface area contributed by atoms with Crippen LogP contribution in [0, 0.1) is 5.92 Å². The van der Waals surface area contributed by atoms with Gasteiger partial charge in [0, 0.05) is 5.92 Å². The summed E-state index contributed by atoms with van der Waals surface area (Å²) in [6.07, 6.45) is 2.79. The lowest BCUT2D eigenvalue weighted by Gasteiger charge is -1.87. The molecule has 2 atom stereocenters. The highest BCUT2D eigenvalue weighted by molar-refractivity contribution is 7.65. The third kappa shape index (κ3) is 3.28. The van der Waals surface area contributed by atoms with Crippen molar-refractivity contribution < 1.29 is 0 Å². The molecule has 78 valence electrons. The van der Waals surface area contributed by atoms with E-state index in [1.807, 2.05) is 0 Å². The zero-order valence-corrected chi connectivity index (χ0v) is 10.7. The average Bonchev–Trinajstić information content (AvgIpc) is 2.54. The van der Waals surface area contributed by atoms with E-state index in [9.17, 15) is 0 Å². The van der Waals surface area contributed by atoms with E-state index in [0.717, 1.165) is 5.92 Å². The number of benzene rings is 1. The Morgan fingerprint density at radius 3 is 2.29 bits per heavy atom. The van der Waals surface area contributed by atoms with Gasteiger partial charge in [0.05, 0.1) is 5.80 Å². The van der Waals surface area contributed by atoms with Crippen molar-refractivity contribution >= 4 is 43.5 Å². The summed E-state index contributed by atoms with van der Waals surface area (Å²) in [7, 11) is 0.0954. The molecular formula is C11H16Cl2P+. The lowest BCUT2D eigenvalue weighted by atomic mass is 10.2. The van der Waals surface area contributed by atoms with Gasteiger partial charge in [-0.05, 0) is 18.6 Å².